The van der Waals surface area contributed by atoms with E-state index in [9.17, 15) is 13.2 Å². The van der Waals surface area contributed by atoms with E-state index in [4.69, 9.17) is 4.52 Å². The van der Waals surface area contributed by atoms with Crippen molar-refractivity contribution in [2.24, 2.45) is 17.8 Å². The molecule has 25 heavy (non-hydrogen) atoms. The molecule has 0 spiro atoms. The van der Waals surface area contributed by atoms with E-state index in [2.05, 4.69) is 14.8 Å². The first-order chi connectivity index (χ1) is 12.0. The monoisotopic (exact) mass is 351 g/mol. The second-order valence-electron chi connectivity index (χ2n) is 6.74. The molecule has 2 heterocycles. The van der Waals surface area contributed by atoms with Crippen molar-refractivity contribution in [2.45, 2.75) is 19.3 Å². The number of ether oxygens (including phenoxy) is 1. The van der Waals surface area contributed by atoms with Crippen LogP contribution in [0.5, 0.6) is 5.75 Å². The molecule has 2 aliphatic rings. The zero-order chi connectivity index (χ0) is 17.4. The molecule has 1 radical (unpaired) electrons. The second kappa shape index (κ2) is 6.37. The van der Waals surface area contributed by atoms with Gasteiger partial charge in [0.15, 0.2) is 0 Å². The highest BCUT2D eigenvalue weighted by molar-refractivity contribution is 5.33. The van der Waals surface area contributed by atoms with Crippen molar-refractivity contribution in [3.8, 4) is 5.75 Å². The Morgan fingerprint density at radius 2 is 2.04 bits per heavy atom. The molecule has 1 aliphatic carbocycles. The highest BCUT2D eigenvalue weighted by Crippen LogP contribution is 2.54. The van der Waals surface area contributed by atoms with Crippen LogP contribution < -0.4 is 4.74 Å². The summed E-state index contributed by atoms with van der Waals surface area (Å²) in [5.74, 6) is 1.81. The van der Waals surface area contributed by atoms with Crippen LogP contribution in [-0.2, 0) is 6.54 Å². The fraction of sp³-hybridized carbons (Fsp3) is 0.444. The Morgan fingerprint density at radius 3 is 2.72 bits per heavy atom. The van der Waals surface area contributed by atoms with Gasteiger partial charge in [0.1, 0.15) is 12.0 Å². The molecule has 0 amide bonds. The first kappa shape index (κ1) is 16.4. The molecule has 7 heteroatoms. The van der Waals surface area contributed by atoms with Gasteiger partial charge in [-0.05, 0) is 48.3 Å². The van der Waals surface area contributed by atoms with Crippen LogP contribution in [0.4, 0.5) is 13.2 Å². The summed E-state index contributed by atoms with van der Waals surface area (Å²) in [5, 5.41) is 3.93. The van der Waals surface area contributed by atoms with Crippen LogP contribution in [0.3, 0.4) is 0 Å². The number of aromatic nitrogens is 1. The lowest BCUT2D eigenvalue weighted by molar-refractivity contribution is -0.274. The molecule has 1 aliphatic heterocycles. The molecular formula is C18H18F3N2O2. The number of alkyl halides is 3. The summed E-state index contributed by atoms with van der Waals surface area (Å²) in [7, 11) is 0. The number of rotatable bonds is 6. The molecule has 1 saturated heterocycles. The van der Waals surface area contributed by atoms with Crippen LogP contribution >= 0.6 is 0 Å². The molecule has 1 aromatic carbocycles. The highest BCUT2D eigenvalue weighted by atomic mass is 19.4. The van der Waals surface area contributed by atoms with E-state index in [1.54, 1.807) is 18.4 Å². The predicted molar refractivity (Wildman–Crippen MR) is 83.4 cm³/mol. The van der Waals surface area contributed by atoms with Gasteiger partial charge in [-0.1, -0.05) is 17.3 Å². The minimum atomic E-state index is -4.65. The molecule has 1 saturated carbocycles. The normalized spacial score (nSPS) is 25.8. The zero-order valence-corrected chi connectivity index (χ0v) is 13.4. The number of hydrogen-bond acceptors (Lipinski definition) is 4. The lowest BCUT2D eigenvalue weighted by Gasteiger charge is -2.17. The maximum absolute atomic E-state index is 12.3. The van der Waals surface area contributed by atoms with Crippen molar-refractivity contribution in [1.82, 2.24) is 10.1 Å². The lowest BCUT2D eigenvalue weighted by atomic mass is 10.0. The minimum absolute atomic E-state index is 0.170. The van der Waals surface area contributed by atoms with E-state index in [1.165, 1.54) is 12.1 Å². The number of fused-ring (bicyclic) bond motifs is 1. The van der Waals surface area contributed by atoms with Crippen molar-refractivity contribution >= 4 is 0 Å². The first-order valence-corrected chi connectivity index (χ1v) is 8.28. The zero-order valence-electron chi connectivity index (χ0n) is 13.4. The fourth-order valence-corrected chi connectivity index (χ4v) is 3.87. The lowest BCUT2D eigenvalue weighted by Crippen LogP contribution is -2.24. The van der Waals surface area contributed by atoms with Crippen molar-refractivity contribution in [3.63, 3.8) is 0 Å². The van der Waals surface area contributed by atoms with E-state index >= 15 is 0 Å². The summed E-state index contributed by atoms with van der Waals surface area (Å²) in [6, 6.07) is 8.02. The third-order valence-electron chi connectivity index (χ3n) is 5.04. The largest absolute Gasteiger partial charge is 0.573 e. The number of halogens is 3. The number of likely N-dealkylation sites (tertiary alicyclic amines) is 1. The minimum Gasteiger partial charge on any atom is -0.406 e. The highest BCUT2D eigenvalue weighted by Gasteiger charge is 2.54. The van der Waals surface area contributed by atoms with E-state index in [-0.39, 0.29) is 5.75 Å². The van der Waals surface area contributed by atoms with Crippen LogP contribution in [0.15, 0.2) is 41.1 Å². The molecule has 2 aromatic rings. The van der Waals surface area contributed by atoms with Gasteiger partial charge in [-0.3, -0.25) is 4.90 Å². The van der Waals surface area contributed by atoms with Gasteiger partial charge in [-0.15, -0.1) is 13.2 Å². The van der Waals surface area contributed by atoms with E-state index in [0.717, 1.165) is 37.3 Å². The van der Waals surface area contributed by atoms with E-state index in [1.807, 2.05) is 12.5 Å². The molecule has 0 N–H and O–H groups in total. The van der Waals surface area contributed by atoms with Crippen molar-refractivity contribution in [3.05, 3.63) is 54.3 Å². The average molecular weight is 351 g/mol. The second-order valence-corrected chi connectivity index (χ2v) is 6.74. The van der Waals surface area contributed by atoms with Gasteiger partial charge < -0.3 is 9.26 Å². The molecule has 133 valence electrons. The molecular weight excluding hydrogens is 333 g/mol. The standard InChI is InChI=1S/C18H18F3N2O2/c19-18(20,21)25-14-3-1-2-12(8-14)4-5-15-16-10-23(11-17(15)16)9-13-6-7-24-22-13/h1-4,6-8,15-17H,5,9-11H2. The summed E-state index contributed by atoms with van der Waals surface area (Å²) < 4.78 is 45.6. The maximum atomic E-state index is 12.3. The summed E-state index contributed by atoms with van der Waals surface area (Å²) in [6.07, 6.45) is -0.170. The Bertz CT molecular complexity index is 705. The summed E-state index contributed by atoms with van der Waals surface area (Å²) >= 11 is 0. The van der Waals surface area contributed by atoms with Gasteiger partial charge in [0.05, 0.1) is 5.69 Å². The molecule has 4 rings (SSSR count). The third-order valence-corrected chi connectivity index (χ3v) is 5.04. The third kappa shape index (κ3) is 3.98. The molecule has 2 atom stereocenters. The fourth-order valence-electron chi connectivity index (χ4n) is 3.87. The van der Waals surface area contributed by atoms with Gasteiger partial charge in [0.25, 0.3) is 0 Å². The van der Waals surface area contributed by atoms with Crippen molar-refractivity contribution in [1.29, 1.82) is 0 Å². The number of benzene rings is 1. The van der Waals surface area contributed by atoms with Crippen molar-refractivity contribution < 1.29 is 22.4 Å². The summed E-state index contributed by atoms with van der Waals surface area (Å²) in [6.45, 7) is 2.91. The maximum Gasteiger partial charge on any atom is 0.573 e. The average Bonchev–Trinajstić information content (AvgIpc) is 2.94. The van der Waals surface area contributed by atoms with E-state index in [0.29, 0.717) is 17.8 Å². The van der Waals surface area contributed by atoms with Gasteiger partial charge >= 0.3 is 6.36 Å². The Balaban J connectivity index is 1.24. The van der Waals surface area contributed by atoms with Crippen LogP contribution in [-0.4, -0.2) is 29.5 Å². The quantitative estimate of drug-likeness (QED) is 0.791. The SMILES string of the molecule is FC(F)(F)Oc1cccc([CH]CC2C3CN(Cc4ccon4)CC23)c1. The van der Waals surface area contributed by atoms with Crippen LogP contribution in [0.2, 0.25) is 0 Å². The smallest absolute Gasteiger partial charge is 0.406 e. The van der Waals surface area contributed by atoms with Crippen LogP contribution in [0.1, 0.15) is 17.7 Å². The molecule has 1 aromatic heterocycles. The molecule has 2 fully saturated rings. The Hall–Kier alpha value is -2.02. The molecule has 0 bridgehead atoms. The number of piperidine rings is 1. The Labute approximate surface area is 143 Å². The number of hydrogen-bond donors (Lipinski definition) is 0. The molecule has 2 unspecified atom stereocenters. The predicted octanol–water partition coefficient (Wildman–Crippen LogP) is 3.89. The first-order valence-electron chi connectivity index (χ1n) is 8.28. The van der Waals surface area contributed by atoms with Gasteiger partial charge in [0.2, 0.25) is 0 Å². The summed E-state index contributed by atoms with van der Waals surface area (Å²) in [4.78, 5) is 2.38. The van der Waals surface area contributed by atoms with Crippen LogP contribution in [0.25, 0.3) is 0 Å². The van der Waals surface area contributed by atoms with Gasteiger partial charge in [0, 0.05) is 25.7 Å². The van der Waals surface area contributed by atoms with Gasteiger partial charge in [-0.2, -0.15) is 0 Å². The Morgan fingerprint density at radius 1 is 1.24 bits per heavy atom. The van der Waals surface area contributed by atoms with Crippen molar-refractivity contribution in [2.75, 3.05) is 13.1 Å². The summed E-state index contributed by atoms with van der Waals surface area (Å²) in [5.41, 5.74) is 1.72. The van der Waals surface area contributed by atoms with Gasteiger partial charge in [-0.25, -0.2) is 0 Å². The van der Waals surface area contributed by atoms with E-state index < -0.39 is 6.36 Å². The molecule has 4 nitrogen and oxygen atoms in total. The Kier molecular flexibility index (Phi) is 4.19. The number of nitrogens with zero attached hydrogens (tertiary/aromatic N) is 2. The topological polar surface area (TPSA) is 38.5 Å². The van der Waals surface area contributed by atoms with Crippen LogP contribution in [0, 0.1) is 24.2 Å².